The molecular weight excluding hydrogens is 334 g/mol. The minimum absolute atomic E-state index is 0.170. The van der Waals surface area contributed by atoms with Crippen LogP contribution >= 0.6 is 11.3 Å². The summed E-state index contributed by atoms with van der Waals surface area (Å²) in [6.45, 7) is 0.376. The third-order valence-electron chi connectivity index (χ3n) is 3.32. The van der Waals surface area contributed by atoms with Gasteiger partial charge in [0, 0.05) is 11.1 Å². The first-order valence-corrected chi connectivity index (χ1v) is 8.52. The quantitative estimate of drug-likeness (QED) is 0.735. The van der Waals surface area contributed by atoms with Crippen molar-refractivity contribution < 1.29 is 9.53 Å². The Bertz CT molecular complexity index is 900. The Morgan fingerprint density at radius 1 is 1.20 bits per heavy atom. The van der Waals surface area contributed by atoms with Crippen LogP contribution in [0.1, 0.15) is 16.3 Å². The number of ether oxygens (including phenoxy) is 1. The zero-order valence-corrected chi connectivity index (χ0v) is 14.1. The van der Waals surface area contributed by atoms with Crippen molar-refractivity contribution in [2.45, 2.75) is 13.0 Å². The van der Waals surface area contributed by atoms with Crippen molar-refractivity contribution >= 4 is 22.9 Å². The minimum Gasteiger partial charge on any atom is -0.486 e. The fourth-order valence-corrected chi connectivity index (χ4v) is 2.90. The van der Waals surface area contributed by atoms with Gasteiger partial charge < -0.3 is 10.1 Å². The van der Waals surface area contributed by atoms with Crippen molar-refractivity contribution in [1.29, 1.82) is 5.26 Å². The highest BCUT2D eigenvalue weighted by atomic mass is 32.1. The van der Waals surface area contributed by atoms with E-state index in [9.17, 15) is 4.79 Å². The predicted octanol–water partition coefficient (Wildman–Crippen LogP) is 3.77. The molecular formula is C19H15N3O2S. The summed E-state index contributed by atoms with van der Waals surface area (Å²) in [4.78, 5) is 16.5. The number of amides is 1. The summed E-state index contributed by atoms with van der Waals surface area (Å²) in [7, 11) is 0. The number of nitrogens with one attached hydrogen (secondary N) is 1. The smallest absolute Gasteiger partial charge is 0.230 e. The van der Waals surface area contributed by atoms with Gasteiger partial charge in [-0.05, 0) is 30.3 Å². The molecule has 0 bridgehead atoms. The van der Waals surface area contributed by atoms with Gasteiger partial charge in [-0.3, -0.25) is 4.79 Å². The average molecular weight is 349 g/mol. The fraction of sp³-hybridized carbons (Fsp3) is 0.105. The molecule has 124 valence electrons. The molecule has 0 saturated carbocycles. The Balaban J connectivity index is 1.54. The van der Waals surface area contributed by atoms with Crippen LogP contribution in [0.3, 0.4) is 0 Å². The van der Waals surface area contributed by atoms with Crippen LogP contribution in [-0.2, 0) is 17.8 Å². The maximum absolute atomic E-state index is 12.1. The van der Waals surface area contributed by atoms with Gasteiger partial charge in [0.25, 0.3) is 0 Å². The Morgan fingerprint density at radius 3 is 2.84 bits per heavy atom. The molecule has 0 unspecified atom stereocenters. The molecule has 3 rings (SSSR count). The van der Waals surface area contributed by atoms with Gasteiger partial charge in [0.1, 0.15) is 17.4 Å². The van der Waals surface area contributed by atoms with Crippen LogP contribution in [0.5, 0.6) is 5.75 Å². The van der Waals surface area contributed by atoms with Crippen molar-refractivity contribution in [2.24, 2.45) is 0 Å². The number of carbonyl (C=O) groups is 1. The average Bonchev–Trinajstić information content (AvgIpc) is 3.08. The third kappa shape index (κ3) is 4.90. The summed E-state index contributed by atoms with van der Waals surface area (Å²) >= 11 is 1.46. The van der Waals surface area contributed by atoms with Gasteiger partial charge in [0.2, 0.25) is 5.91 Å². The molecule has 3 aromatic rings. The van der Waals surface area contributed by atoms with Gasteiger partial charge in [0.15, 0.2) is 0 Å². The Morgan fingerprint density at radius 2 is 2.04 bits per heavy atom. The molecule has 0 aliphatic carbocycles. The fourth-order valence-electron chi connectivity index (χ4n) is 2.19. The van der Waals surface area contributed by atoms with Crippen LogP contribution in [0, 0.1) is 11.3 Å². The number of para-hydroxylation sites is 1. The van der Waals surface area contributed by atoms with E-state index in [1.165, 1.54) is 11.3 Å². The maximum atomic E-state index is 12.1. The van der Waals surface area contributed by atoms with Crippen LogP contribution in [0.4, 0.5) is 5.69 Å². The highest BCUT2D eigenvalue weighted by Crippen LogP contribution is 2.16. The summed E-state index contributed by atoms with van der Waals surface area (Å²) in [5.41, 5.74) is 1.81. The van der Waals surface area contributed by atoms with E-state index in [4.69, 9.17) is 10.00 Å². The van der Waals surface area contributed by atoms with E-state index in [2.05, 4.69) is 10.3 Å². The zero-order valence-electron chi connectivity index (χ0n) is 13.3. The molecule has 1 aromatic heterocycles. The van der Waals surface area contributed by atoms with Crippen molar-refractivity contribution in [3.63, 3.8) is 0 Å². The van der Waals surface area contributed by atoms with Gasteiger partial charge in [-0.1, -0.05) is 24.3 Å². The summed E-state index contributed by atoms with van der Waals surface area (Å²) in [5, 5.41) is 14.3. The van der Waals surface area contributed by atoms with Gasteiger partial charge in [0.05, 0.1) is 23.7 Å². The van der Waals surface area contributed by atoms with E-state index >= 15 is 0 Å². The van der Waals surface area contributed by atoms with Crippen molar-refractivity contribution in [1.82, 2.24) is 4.98 Å². The van der Waals surface area contributed by atoms with Crippen molar-refractivity contribution in [3.05, 3.63) is 76.2 Å². The lowest BCUT2D eigenvalue weighted by molar-refractivity contribution is -0.115. The van der Waals surface area contributed by atoms with Crippen molar-refractivity contribution in [2.75, 3.05) is 5.32 Å². The SMILES string of the molecule is N#Cc1cccc(NC(=O)Cc2csc(COc3ccccc3)n2)c1. The van der Waals surface area contributed by atoms with E-state index in [-0.39, 0.29) is 12.3 Å². The topological polar surface area (TPSA) is 75.0 Å². The summed E-state index contributed by atoms with van der Waals surface area (Å²) in [5.74, 6) is 0.616. The molecule has 1 N–H and O–H groups in total. The van der Waals surface area contributed by atoms with Crippen LogP contribution < -0.4 is 10.1 Å². The largest absolute Gasteiger partial charge is 0.486 e. The van der Waals surface area contributed by atoms with Crippen LogP contribution in [0.2, 0.25) is 0 Å². The Kier molecular flexibility index (Phi) is 5.39. The molecule has 2 aromatic carbocycles. The summed E-state index contributed by atoms with van der Waals surface area (Å²) < 4.78 is 5.65. The number of nitriles is 1. The first kappa shape index (κ1) is 16.7. The number of carbonyl (C=O) groups excluding carboxylic acids is 1. The number of thiazole rings is 1. The molecule has 0 aliphatic heterocycles. The van der Waals surface area contributed by atoms with Gasteiger partial charge in [-0.15, -0.1) is 11.3 Å². The van der Waals surface area contributed by atoms with Gasteiger partial charge >= 0.3 is 0 Å². The molecule has 6 heteroatoms. The second-order valence-electron chi connectivity index (χ2n) is 5.25. The molecule has 1 heterocycles. The van der Waals surface area contributed by atoms with E-state index < -0.39 is 0 Å². The zero-order chi connectivity index (χ0) is 17.5. The lowest BCUT2D eigenvalue weighted by Gasteiger charge is -2.04. The standard InChI is InChI=1S/C19H15N3O2S/c20-11-14-5-4-6-15(9-14)21-18(23)10-16-13-25-19(22-16)12-24-17-7-2-1-3-8-17/h1-9,13H,10,12H2,(H,21,23). The number of hydrogen-bond donors (Lipinski definition) is 1. The number of nitrogens with zero attached hydrogens (tertiary/aromatic N) is 2. The Labute approximate surface area is 149 Å². The molecule has 0 fully saturated rings. The number of anilines is 1. The van der Waals surface area contributed by atoms with Crippen LogP contribution in [-0.4, -0.2) is 10.9 Å². The van der Waals surface area contributed by atoms with Crippen LogP contribution in [0.25, 0.3) is 0 Å². The molecule has 1 amide bonds. The predicted molar refractivity (Wildman–Crippen MR) is 96.4 cm³/mol. The second-order valence-corrected chi connectivity index (χ2v) is 6.19. The molecule has 5 nitrogen and oxygen atoms in total. The van der Waals surface area contributed by atoms with E-state index in [1.54, 1.807) is 24.3 Å². The van der Waals surface area contributed by atoms with Crippen LogP contribution in [0.15, 0.2) is 60.0 Å². The number of benzene rings is 2. The highest BCUT2D eigenvalue weighted by molar-refractivity contribution is 7.09. The van der Waals surface area contributed by atoms with Gasteiger partial charge in [-0.2, -0.15) is 5.26 Å². The molecule has 25 heavy (non-hydrogen) atoms. The molecule has 0 atom stereocenters. The van der Waals surface area contributed by atoms with Crippen molar-refractivity contribution in [3.8, 4) is 11.8 Å². The lowest BCUT2D eigenvalue weighted by Crippen LogP contribution is -2.14. The maximum Gasteiger partial charge on any atom is 0.230 e. The van der Waals surface area contributed by atoms with E-state index in [0.717, 1.165) is 10.8 Å². The first-order chi connectivity index (χ1) is 12.2. The third-order valence-corrected chi connectivity index (χ3v) is 4.19. The molecule has 0 aliphatic rings. The van der Waals surface area contributed by atoms with Gasteiger partial charge in [-0.25, -0.2) is 4.98 Å². The Hall–Kier alpha value is -3.17. The normalized spacial score (nSPS) is 10.0. The van der Waals surface area contributed by atoms with E-state index in [0.29, 0.717) is 23.6 Å². The monoisotopic (exact) mass is 349 g/mol. The first-order valence-electron chi connectivity index (χ1n) is 7.64. The van der Waals surface area contributed by atoms with E-state index in [1.807, 2.05) is 41.8 Å². The molecule has 0 saturated heterocycles. The lowest BCUT2D eigenvalue weighted by atomic mass is 10.2. The molecule has 0 spiro atoms. The number of aromatic nitrogens is 1. The number of hydrogen-bond acceptors (Lipinski definition) is 5. The highest BCUT2D eigenvalue weighted by Gasteiger charge is 2.09. The minimum atomic E-state index is -0.170. The second kappa shape index (κ2) is 8.08. The summed E-state index contributed by atoms with van der Waals surface area (Å²) in [6.07, 6.45) is 0.179. The molecule has 0 radical (unpaired) electrons. The summed E-state index contributed by atoms with van der Waals surface area (Å²) in [6, 6.07) is 18.4. The number of rotatable bonds is 6.